The molecule has 0 spiro atoms. The first kappa shape index (κ1) is 12.2. The molecule has 0 aliphatic heterocycles. The maximum atomic E-state index is 12.1. The number of aromatic nitrogens is 2. The van der Waals surface area contributed by atoms with Crippen LogP contribution in [0.1, 0.15) is 18.2 Å². The van der Waals surface area contributed by atoms with Gasteiger partial charge in [0.05, 0.1) is 11.3 Å². The Labute approximate surface area is 104 Å². The fourth-order valence-electron chi connectivity index (χ4n) is 1.68. The van der Waals surface area contributed by atoms with E-state index in [0.717, 1.165) is 5.69 Å². The van der Waals surface area contributed by atoms with Crippen LogP contribution >= 0.6 is 0 Å². The van der Waals surface area contributed by atoms with Crippen molar-refractivity contribution in [1.82, 2.24) is 9.78 Å². The Kier molecular flexibility index (Phi) is 3.32. The van der Waals surface area contributed by atoms with E-state index in [1.165, 1.54) is 11.6 Å². The summed E-state index contributed by atoms with van der Waals surface area (Å²) >= 11 is 0. The molecule has 1 heterocycles. The Morgan fingerprint density at radius 2 is 2.00 bits per heavy atom. The molecule has 0 radical (unpaired) electrons. The molecular weight excluding hydrogens is 232 g/mol. The Morgan fingerprint density at radius 3 is 2.61 bits per heavy atom. The number of H-pyrrole nitrogens is 1. The van der Waals surface area contributed by atoms with Gasteiger partial charge in [-0.15, -0.1) is 0 Å². The molecule has 1 aromatic carbocycles. The molecule has 0 fully saturated rings. The highest BCUT2D eigenvalue weighted by molar-refractivity contribution is 5.65. The molecule has 5 nitrogen and oxygen atoms in total. The lowest BCUT2D eigenvalue weighted by Gasteiger charge is -1.99. The van der Waals surface area contributed by atoms with Gasteiger partial charge in [0, 0.05) is 12.6 Å². The first-order valence-corrected chi connectivity index (χ1v) is 5.59. The number of hydrogen-bond donors (Lipinski definition) is 1. The van der Waals surface area contributed by atoms with Crippen molar-refractivity contribution in [1.29, 1.82) is 0 Å². The third-order valence-corrected chi connectivity index (χ3v) is 2.63. The number of rotatable bonds is 3. The topological polar surface area (TPSA) is 64.1 Å². The number of benzene rings is 1. The molecule has 0 amide bonds. The fourth-order valence-corrected chi connectivity index (χ4v) is 1.68. The van der Waals surface area contributed by atoms with Gasteiger partial charge in [0.1, 0.15) is 6.61 Å². The van der Waals surface area contributed by atoms with Crippen molar-refractivity contribution < 1.29 is 9.53 Å². The van der Waals surface area contributed by atoms with E-state index in [4.69, 9.17) is 4.74 Å². The number of nitrogens with one attached hydrogen (secondary N) is 1. The summed E-state index contributed by atoms with van der Waals surface area (Å²) in [5.41, 5.74) is 1.72. The number of carbonyl (C=O) groups is 1. The van der Waals surface area contributed by atoms with E-state index in [1.807, 2.05) is 30.3 Å². The highest BCUT2D eigenvalue weighted by atomic mass is 16.5. The van der Waals surface area contributed by atoms with Gasteiger partial charge in [0.2, 0.25) is 0 Å². The Balaban J connectivity index is 2.38. The second kappa shape index (κ2) is 4.91. The summed E-state index contributed by atoms with van der Waals surface area (Å²) in [5, 5.41) is 2.97. The smallest absolute Gasteiger partial charge is 0.302 e. The number of para-hydroxylation sites is 1. The molecule has 2 aromatic rings. The predicted molar refractivity (Wildman–Crippen MR) is 66.6 cm³/mol. The minimum Gasteiger partial charge on any atom is -0.461 e. The summed E-state index contributed by atoms with van der Waals surface area (Å²) < 4.78 is 6.31. The summed E-state index contributed by atoms with van der Waals surface area (Å²) in [4.78, 5) is 22.9. The lowest BCUT2D eigenvalue weighted by molar-refractivity contribution is -0.142. The quantitative estimate of drug-likeness (QED) is 0.835. The average molecular weight is 246 g/mol. The van der Waals surface area contributed by atoms with Crippen molar-refractivity contribution in [3.8, 4) is 5.69 Å². The lowest BCUT2D eigenvalue weighted by atomic mass is 10.3. The SMILES string of the molecule is CC(=O)OCc1c(C)[nH]n(-c2ccccc2)c1=O. The second-order valence-electron chi connectivity index (χ2n) is 3.97. The van der Waals surface area contributed by atoms with Gasteiger partial charge in [-0.3, -0.25) is 14.7 Å². The summed E-state index contributed by atoms with van der Waals surface area (Å²) in [6.07, 6.45) is 0. The predicted octanol–water partition coefficient (Wildman–Crippen LogP) is 1.54. The van der Waals surface area contributed by atoms with Crippen molar-refractivity contribution in [3.05, 3.63) is 51.9 Å². The van der Waals surface area contributed by atoms with E-state index in [1.54, 1.807) is 6.92 Å². The first-order valence-electron chi connectivity index (χ1n) is 5.59. The molecule has 0 aliphatic rings. The normalized spacial score (nSPS) is 10.3. The molecule has 0 unspecified atom stereocenters. The van der Waals surface area contributed by atoms with Gasteiger partial charge in [-0.1, -0.05) is 18.2 Å². The van der Waals surface area contributed by atoms with E-state index in [2.05, 4.69) is 5.10 Å². The maximum Gasteiger partial charge on any atom is 0.302 e. The zero-order valence-electron chi connectivity index (χ0n) is 10.3. The van der Waals surface area contributed by atoms with Gasteiger partial charge in [-0.2, -0.15) is 0 Å². The molecule has 18 heavy (non-hydrogen) atoms. The molecular formula is C13H14N2O3. The van der Waals surface area contributed by atoms with E-state index >= 15 is 0 Å². The Hall–Kier alpha value is -2.30. The molecule has 0 saturated heterocycles. The largest absolute Gasteiger partial charge is 0.461 e. The summed E-state index contributed by atoms with van der Waals surface area (Å²) in [5.74, 6) is -0.402. The van der Waals surface area contributed by atoms with Gasteiger partial charge in [-0.25, -0.2) is 4.68 Å². The summed E-state index contributed by atoms with van der Waals surface area (Å²) in [6, 6.07) is 9.23. The van der Waals surface area contributed by atoms with Crippen LogP contribution in [0.2, 0.25) is 0 Å². The third-order valence-electron chi connectivity index (χ3n) is 2.63. The highest BCUT2D eigenvalue weighted by Gasteiger charge is 2.13. The summed E-state index contributed by atoms with van der Waals surface area (Å²) in [7, 11) is 0. The zero-order chi connectivity index (χ0) is 13.1. The van der Waals surface area contributed by atoms with Gasteiger partial charge < -0.3 is 4.74 Å². The van der Waals surface area contributed by atoms with Crippen molar-refractivity contribution in [3.63, 3.8) is 0 Å². The van der Waals surface area contributed by atoms with E-state index < -0.39 is 5.97 Å². The molecule has 94 valence electrons. The van der Waals surface area contributed by atoms with Crippen LogP contribution in [0.3, 0.4) is 0 Å². The molecule has 1 N–H and O–H groups in total. The van der Waals surface area contributed by atoms with Gasteiger partial charge >= 0.3 is 5.97 Å². The number of aromatic amines is 1. The summed E-state index contributed by atoms with van der Waals surface area (Å²) in [6.45, 7) is 3.09. The molecule has 5 heteroatoms. The molecule has 0 bridgehead atoms. The van der Waals surface area contributed by atoms with Gasteiger partial charge in [-0.05, 0) is 19.1 Å². The van der Waals surface area contributed by atoms with Crippen LogP contribution in [0, 0.1) is 6.92 Å². The Morgan fingerprint density at radius 1 is 1.33 bits per heavy atom. The lowest BCUT2D eigenvalue weighted by Crippen LogP contribution is -2.18. The van der Waals surface area contributed by atoms with Gasteiger partial charge in [0.25, 0.3) is 5.56 Å². The number of nitrogens with zero attached hydrogens (tertiary/aromatic N) is 1. The maximum absolute atomic E-state index is 12.1. The van der Waals surface area contributed by atoms with E-state index in [0.29, 0.717) is 11.3 Å². The molecule has 0 saturated carbocycles. The average Bonchev–Trinajstić information content (AvgIpc) is 2.63. The zero-order valence-corrected chi connectivity index (χ0v) is 10.3. The number of aryl methyl sites for hydroxylation is 1. The van der Waals surface area contributed by atoms with Crippen LogP contribution in [-0.4, -0.2) is 15.7 Å². The van der Waals surface area contributed by atoms with Crippen molar-refractivity contribution in [2.24, 2.45) is 0 Å². The number of hydrogen-bond acceptors (Lipinski definition) is 3. The fraction of sp³-hybridized carbons (Fsp3) is 0.231. The van der Waals surface area contributed by atoms with Crippen LogP contribution in [-0.2, 0) is 16.1 Å². The van der Waals surface area contributed by atoms with E-state index in [-0.39, 0.29) is 12.2 Å². The monoisotopic (exact) mass is 246 g/mol. The number of carbonyl (C=O) groups excluding carboxylic acids is 1. The molecule has 1 aromatic heterocycles. The number of esters is 1. The number of ether oxygens (including phenoxy) is 1. The minimum absolute atomic E-state index is 0.00364. The third kappa shape index (κ3) is 2.34. The van der Waals surface area contributed by atoms with Crippen LogP contribution in [0.15, 0.2) is 35.1 Å². The van der Waals surface area contributed by atoms with Crippen LogP contribution in [0.4, 0.5) is 0 Å². The molecule has 0 atom stereocenters. The highest BCUT2D eigenvalue weighted by Crippen LogP contribution is 2.07. The van der Waals surface area contributed by atoms with E-state index in [9.17, 15) is 9.59 Å². The van der Waals surface area contributed by atoms with Crippen LogP contribution < -0.4 is 5.56 Å². The molecule has 2 rings (SSSR count). The van der Waals surface area contributed by atoms with Crippen molar-refractivity contribution in [2.45, 2.75) is 20.5 Å². The van der Waals surface area contributed by atoms with Crippen LogP contribution in [0.5, 0.6) is 0 Å². The van der Waals surface area contributed by atoms with Crippen molar-refractivity contribution >= 4 is 5.97 Å². The van der Waals surface area contributed by atoms with Gasteiger partial charge in [0.15, 0.2) is 0 Å². The Bertz CT molecular complexity index is 611. The standard InChI is InChI=1S/C13H14N2O3/c1-9-12(8-18-10(2)16)13(17)15(14-9)11-6-4-3-5-7-11/h3-7,14H,8H2,1-2H3. The molecule has 0 aliphatic carbocycles. The minimum atomic E-state index is -0.402. The van der Waals surface area contributed by atoms with Crippen LogP contribution in [0.25, 0.3) is 5.69 Å². The first-order chi connectivity index (χ1) is 8.59. The van der Waals surface area contributed by atoms with Crippen molar-refractivity contribution in [2.75, 3.05) is 0 Å². The second-order valence-corrected chi connectivity index (χ2v) is 3.97.